The number of hydrogen-bond donors (Lipinski definition) is 0. The molecule has 1 atom stereocenters. The van der Waals surface area contributed by atoms with E-state index in [9.17, 15) is 0 Å². The maximum Gasteiger partial charge on any atom is 0.163 e. The smallest absolute Gasteiger partial charge is 0.163 e. The van der Waals surface area contributed by atoms with Crippen molar-refractivity contribution in [2.45, 2.75) is 31.8 Å². The first-order valence-electron chi connectivity index (χ1n) is 5.06. The van der Waals surface area contributed by atoms with E-state index in [-0.39, 0.29) is 0 Å². The quantitative estimate of drug-likeness (QED) is 0.733. The van der Waals surface area contributed by atoms with Gasteiger partial charge in [0.05, 0.1) is 4.47 Å². The molecule has 0 aliphatic carbocycles. The largest absolute Gasteiger partial charge is 0.367 e. The van der Waals surface area contributed by atoms with E-state index in [1.54, 1.807) is 0 Å². The van der Waals surface area contributed by atoms with Crippen molar-refractivity contribution in [2.24, 2.45) is 0 Å². The molecule has 0 bridgehead atoms. The Kier molecular flexibility index (Phi) is 3.74. The fraction of sp³-hybridized carbons (Fsp3) is 0.600. The molecule has 0 amide bonds. The van der Waals surface area contributed by atoms with Crippen molar-refractivity contribution in [1.29, 1.82) is 0 Å². The second-order valence-electron chi connectivity index (χ2n) is 3.98. The minimum absolute atomic E-state index is 0.324. The summed E-state index contributed by atoms with van der Waals surface area (Å²) in [5, 5.41) is 0.649. The average Bonchev–Trinajstić information content (AvgIpc) is 2.26. The van der Waals surface area contributed by atoms with E-state index in [1.165, 1.54) is 0 Å². The molecule has 88 valence electrons. The molecular weight excluding hydrogens is 315 g/mol. The summed E-state index contributed by atoms with van der Waals surface area (Å²) in [7, 11) is 0. The Labute approximate surface area is 113 Å². The Balaban J connectivity index is 2.39. The zero-order valence-electron chi connectivity index (χ0n) is 8.76. The molecule has 0 spiro atoms. The van der Waals surface area contributed by atoms with Crippen LogP contribution in [0, 0.1) is 0 Å². The minimum atomic E-state index is -0.466. The Morgan fingerprint density at radius 3 is 2.38 bits per heavy atom. The number of rotatable bonds is 1. The summed E-state index contributed by atoms with van der Waals surface area (Å²) in [5.74, 6) is 0.561. The van der Waals surface area contributed by atoms with Crippen LogP contribution in [0.4, 0.5) is 0 Å². The average molecular weight is 326 g/mol. The lowest BCUT2D eigenvalue weighted by Crippen LogP contribution is -2.32. The molecule has 0 N–H and O–H groups in total. The van der Waals surface area contributed by atoms with Crippen molar-refractivity contribution < 1.29 is 4.74 Å². The highest BCUT2D eigenvalue weighted by Gasteiger charge is 2.34. The van der Waals surface area contributed by atoms with Gasteiger partial charge in [0.1, 0.15) is 15.9 Å². The predicted octanol–water partition coefficient (Wildman–Crippen LogP) is 3.96. The molecule has 2 rings (SSSR count). The van der Waals surface area contributed by atoms with Gasteiger partial charge in [0.25, 0.3) is 0 Å². The van der Waals surface area contributed by atoms with Gasteiger partial charge in [-0.1, -0.05) is 23.2 Å². The molecule has 0 aromatic carbocycles. The highest BCUT2D eigenvalue weighted by atomic mass is 79.9. The fourth-order valence-corrected chi connectivity index (χ4v) is 2.31. The Hall–Kier alpha value is 0.1000. The molecule has 6 heteroatoms. The summed E-state index contributed by atoms with van der Waals surface area (Å²) >= 11 is 15.1. The van der Waals surface area contributed by atoms with E-state index in [0.717, 1.165) is 25.9 Å². The summed E-state index contributed by atoms with van der Waals surface area (Å²) in [6.07, 6.45) is 3.07. The minimum Gasteiger partial charge on any atom is -0.367 e. The molecule has 16 heavy (non-hydrogen) atoms. The fourth-order valence-electron chi connectivity index (χ4n) is 1.74. The molecule has 1 aliphatic heterocycles. The van der Waals surface area contributed by atoms with Crippen molar-refractivity contribution in [3.8, 4) is 0 Å². The second kappa shape index (κ2) is 4.77. The lowest BCUT2D eigenvalue weighted by Gasteiger charge is -2.32. The molecule has 1 saturated heterocycles. The first-order chi connectivity index (χ1) is 7.53. The topological polar surface area (TPSA) is 35.0 Å². The molecule has 1 unspecified atom stereocenters. The molecule has 1 aliphatic rings. The summed E-state index contributed by atoms with van der Waals surface area (Å²) < 4.78 is 6.27. The third-order valence-electron chi connectivity index (χ3n) is 2.71. The summed E-state index contributed by atoms with van der Waals surface area (Å²) in [6.45, 7) is 2.70. The highest BCUT2D eigenvalue weighted by molar-refractivity contribution is 9.10. The van der Waals surface area contributed by atoms with Gasteiger partial charge in [-0.3, -0.25) is 0 Å². The van der Waals surface area contributed by atoms with Gasteiger partial charge in [-0.15, -0.1) is 0 Å². The zero-order valence-corrected chi connectivity index (χ0v) is 11.9. The van der Waals surface area contributed by atoms with Crippen LogP contribution < -0.4 is 0 Å². The summed E-state index contributed by atoms with van der Waals surface area (Å²) in [6, 6.07) is 0. The van der Waals surface area contributed by atoms with E-state index >= 15 is 0 Å². The van der Waals surface area contributed by atoms with Crippen molar-refractivity contribution in [3.63, 3.8) is 0 Å². The standard InChI is InChI=1S/C10H11BrCl2N2O/c1-10(4-2-3-5-16-10)9-14-7(12)6(11)8(13)15-9/h2-5H2,1H3. The number of aromatic nitrogens is 2. The third-order valence-corrected chi connectivity index (χ3v) is 4.47. The molecule has 1 fully saturated rings. The summed E-state index contributed by atoms with van der Waals surface area (Å²) in [4.78, 5) is 8.45. The van der Waals surface area contributed by atoms with Gasteiger partial charge in [0.2, 0.25) is 0 Å². The monoisotopic (exact) mass is 324 g/mol. The van der Waals surface area contributed by atoms with Crippen molar-refractivity contribution in [2.75, 3.05) is 6.61 Å². The van der Waals surface area contributed by atoms with Crippen LogP contribution in [0.1, 0.15) is 32.0 Å². The second-order valence-corrected chi connectivity index (χ2v) is 5.49. The Bertz CT molecular complexity index is 385. The molecular formula is C10H11BrCl2N2O. The molecule has 3 nitrogen and oxygen atoms in total. The van der Waals surface area contributed by atoms with E-state index in [2.05, 4.69) is 25.9 Å². The highest BCUT2D eigenvalue weighted by Crippen LogP contribution is 2.36. The van der Waals surface area contributed by atoms with Crippen LogP contribution in [0.5, 0.6) is 0 Å². The number of hydrogen-bond acceptors (Lipinski definition) is 3. The van der Waals surface area contributed by atoms with Crippen molar-refractivity contribution in [1.82, 2.24) is 9.97 Å². The number of ether oxygens (including phenoxy) is 1. The van der Waals surface area contributed by atoms with Gasteiger partial charge in [0, 0.05) is 6.61 Å². The van der Waals surface area contributed by atoms with Crippen LogP contribution in [0.15, 0.2) is 4.47 Å². The van der Waals surface area contributed by atoms with E-state index in [0.29, 0.717) is 20.6 Å². The molecule has 0 saturated carbocycles. The van der Waals surface area contributed by atoms with Crippen LogP contribution >= 0.6 is 39.1 Å². The van der Waals surface area contributed by atoms with Crippen LogP contribution in [0.2, 0.25) is 10.3 Å². The van der Waals surface area contributed by atoms with Gasteiger partial charge < -0.3 is 4.74 Å². The normalized spacial score (nSPS) is 25.8. The maximum absolute atomic E-state index is 5.96. The lowest BCUT2D eigenvalue weighted by atomic mass is 9.95. The SMILES string of the molecule is CC1(c2nc(Cl)c(Br)c(Cl)n2)CCCCO1. The molecule has 1 aromatic heterocycles. The zero-order chi connectivity index (χ0) is 11.8. The van der Waals surface area contributed by atoms with Gasteiger partial charge >= 0.3 is 0 Å². The Morgan fingerprint density at radius 2 is 1.88 bits per heavy atom. The van der Waals surface area contributed by atoms with E-state index < -0.39 is 5.60 Å². The Morgan fingerprint density at radius 1 is 1.25 bits per heavy atom. The maximum atomic E-state index is 5.96. The van der Waals surface area contributed by atoms with Crippen LogP contribution in [0.3, 0.4) is 0 Å². The van der Waals surface area contributed by atoms with Gasteiger partial charge in [-0.2, -0.15) is 0 Å². The van der Waals surface area contributed by atoms with Crippen LogP contribution in [-0.4, -0.2) is 16.6 Å². The molecule has 0 radical (unpaired) electrons. The number of nitrogens with zero attached hydrogens (tertiary/aromatic N) is 2. The molecule has 1 aromatic rings. The lowest BCUT2D eigenvalue weighted by molar-refractivity contribution is -0.0760. The third kappa shape index (κ3) is 2.35. The van der Waals surface area contributed by atoms with Crippen LogP contribution in [-0.2, 0) is 10.3 Å². The molecule has 2 heterocycles. The van der Waals surface area contributed by atoms with E-state index in [4.69, 9.17) is 27.9 Å². The first kappa shape index (κ1) is 12.6. The van der Waals surface area contributed by atoms with Gasteiger partial charge in [0.15, 0.2) is 5.82 Å². The van der Waals surface area contributed by atoms with Gasteiger partial charge in [-0.25, -0.2) is 9.97 Å². The predicted molar refractivity (Wildman–Crippen MR) is 66.9 cm³/mol. The van der Waals surface area contributed by atoms with E-state index in [1.807, 2.05) is 6.92 Å². The van der Waals surface area contributed by atoms with Crippen molar-refractivity contribution in [3.05, 3.63) is 20.6 Å². The first-order valence-corrected chi connectivity index (χ1v) is 6.61. The van der Waals surface area contributed by atoms with Crippen molar-refractivity contribution >= 4 is 39.1 Å². The number of halogens is 3. The van der Waals surface area contributed by atoms with Gasteiger partial charge in [-0.05, 0) is 42.1 Å². The van der Waals surface area contributed by atoms with Crippen LogP contribution in [0.25, 0.3) is 0 Å². The summed E-state index contributed by atoms with van der Waals surface area (Å²) in [5.41, 5.74) is -0.466.